The van der Waals surface area contributed by atoms with E-state index in [0.29, 0.717) is 0 Å². The summed E-state index contributed by atoms with van der Waals surface area (Å²) >= 11 is 0. The van der Waals surface area contributed by atoms with Crippen LogP contribution in [0.15, 0.2) is 0 Å². The van der Waals surface area contributed by atoms with Crippen molar-refractivity contribution in [1.29, 1.82) is 0 Å². The maximum atomic E-state index is 10.4. The smallest absolute Gasteiger partial charge is 0.547 e. The second-order valence-corrected chi connectivity index (χ2v) is 5.24. The maximum Gasteiger partial charge on any atom is 2.00 e. The summed E-state index contributed by atoms with van der Waals surface area (Å²) in [6.45, 7) is 0. The molecule has 0 aliphatic rings. The minimum absolute atomic E-state index is 0. The van der Waals surface area contributed by atoms with Crippen LogP contribution in [0.2, 0.25) is 0 Å². The molecule has 0 aromatic carbocycles. The van der Waals surface area contributed by atoms with Gasteiger partial charge in [-0.1, -0.05) is 0 Å². The van der Waals surface area contributed by atoms with E-state index >= 15 is 0 Å². The van der Waals surface area contributed by atoms with Crippen molar-refractivity contribution in [2.75, 3.05) is 56.4 Å². The van der Waals surface area contributed by atoms with E-state index in [1.54, 1.807) is 76.0 Å². The van der Waals surface area contributed by atoms with Gasteiger partial charge >= 0.3 is 17.1 Å². The van der Waals surface area contributed by atoms with E-state index in [4.69, 9.17) is 0 Å². The summed E-state index contributed by atoms with van der Waals surface area (Å²) in [7, 11) is 13.6. The molecule has 0 aromatic rings. The Hall–Kier alpha value is -0.701. The zero-order valence-corrected chi connectivity index (χ0v) is 14.8. The van der Waals surface area contributed by atoms with Crippen molar-refractivity contribution in [3.8, 4) is 0 Å². The monoisotopic (exact) mass is 353 g/mol. The van der Waals surface area contributed by atoms with Crippen molar-refractivity contribution in [2.24, 2.45) is 0 Å². The van der Waals surface area contributed by atoms with Crippen LogP contribution < -0.4 is 10.2 Å². The molecule has 0 amide bonds. The predicted molar refractivity (Wildman–Crippen MR) is 72.3 cm³/mol. The molecular formula is C12H26CuN4O4. The topological polar surface area (TPSA) is 93.2 Å². The molecule has 129 valence electrons. The minimum atomic E-state index is -1.07. The summed E-state index contributed by atoms with van der Waals surface area (Å²) in [6, 6.07) is 0. The largest absolute Gasteiger partial charge is 2.00 e. The molecule has 0 aliphatic heterocycles. The minimum Gasteiger partial charge on any atom is -0.547 e. The average molecular weight is 354 g/mol. The number of carboxylic acid groups (broad SMARTS) is 2. The number of carboxylic acids is 2. The second-order valence-electron chi connectivity index (χ2n) is 5.24. The molecule has 0 aliphatic carbocycles. The van der Waals surface area contributed by atoms with E-state index in [1.165, 1.54) is 0 Å². The molecule has 0 rings (SSSR count). The molecular weight excluding hydrogens is 328 g/mol. The van der Waals surface area contributed by atoms with Crippen molar-refractivity contribution in [1.82, 2.24) is 19.6 Å². The van der Waals surface area contributed by atoms with Gasteiger partial charge in [-0.05, 0) is 56.4 Å². The first kappa shape index (κ1) is 25.3. The van der Waals surface area contributed by atoms with Gasteiger partial charge in [0, 0.05) is 0 Å². The predicted octanol–water partition coefficient (Wildman–Crippen LogP) is -3.63. The van der Waals surface area contributed by atoms with E-state index in [2.05, 4.69) is 0 Å². The van der Waals surface area contributed by atoms with E-state index in [-0.39, 0.29) is 17.1 Å². The van der Waals surface area contributed by atoms with Crippen LogP contribution in [0.5, 0.6) is 0 Å². The number of likely N-dealkylation sites (N-methyl/N-ethyl adjacent to an activating group) is 4. The van der Waals surface area contributed by atoms with Gasteiger partial charge < -0.3 is 19.8 Å². The molecule has 0 fully saturated rings. The molecule has 1 radical (unpaired) electrons. The Morgan fingerprint density at radius 3 is 0.762 bits per heavy atom. The second kappa shape index (κ2) is 11.9. The van der Waals surface area contributed by atoms with Crippen LogP contribution in [0.1, 0.15) is 0 Å². The summed E-state index contributed by atoms with van der Waals surface area (Å²) in [5.41, 5.74) is 0. The molecule has 9 heteroatoms. The standard InChI is InChI=1S/2C6H14N2O2.Cu/c2*1-7(2)5(6(9)10)8(3)4;/h2*5H,1-4H3,(H,9,10);/q;;+2/p-2. The summed E-state index contributed by atoms with van der Waals surface area (Å²) in [6.07, 6.45) is -1.28. The summed E-state index contributed by atoms with van der Waals surface area (Å²) < 4.78 is 0. The van der Waals surface area contributed by atoms with Gasteiger partial charge in [-0.25, -0.2) is 0 Å². The Kier molecular flexibility index (Phi) is 14.3. The molecule has 0 saturated carbocycles. The Bertz CT molecular complexity index is 266. The number of rotatable bonds is 6. The normalized spacial score (nSPS) is 11.0. The van der Waals surface area contributed by atoms with Gasteiger partial charge in [-0.2, -0.15) is 0 Å². The van der Waals surface area contributed by atoms with E-state index in [1.807, 2.05) is 0 Å². The van der Waals surface area contributed by atoms with Gasteiger partial charge in [0.2, 0.25) is 0 Å². The molecule has 0 heterocycles. The molecule has 21 heavy (non-hydrogen) atoms. The van der Waals surface area contributed by atoms with Crippen LogP contribution in [0, 0.1) is 0 Å². The maximum absolute atomic E-state index is 10.4. The molecule has 0 atom stereocenters. The fourth-order valence-corrected chi connectivity index (χ4v) is 1.77. The Morgan fingerprint density at radius 2 is 0.762 bits per heavy atom. The van der Waals surface area contributed by atoms with Crippen LogP contribution >= 0.6 is 0 Å². The molecule has 0 aromatic heterocycles. The Balaban J connectivity index is -0.000000295. The fraction of sp³-hybridized carbons (Fsp3) is 0.833. The van der Waals surface area contributed by atoms with Crippen molar-refractivity contribution in [3.63, 3.8) is 0 Å². The van der Waals surface area contributed by atoms with Crippen LogP contribution in [0.25, 0.3) is 0 Å². The van der Waals surface area contributed by atoms with Gasteiger partial charge in [-0.15, -0.1) is 0 Å². The van der Waals surface area contributed by atoms with Gasteiger partial charge in [0.25, 0.3) is 0 Å². The van der Waals surface area contributed by atoms with E-state index < -0.39 is 24.3 Å². The van der Waals surface area contributed by atoms with Gasteiger partial charge in [0.1, 0.15) is 12.3 Å². The third kappa shape index (κ3) is 10.6. The Labute approximate surface area is 137 Å². The first-order chi connectivity index (χ1) is 8.93. The Morgan fingerprint density at radius 1 is 0.619 bits per heavy atom. The van der Waals surface area contributed by atoms with Crippen LogP contribution in [-0.4, -0.2) is 100 Å². The molecule has 0 unspecified atom stereocenters. The van der Waals surface area contributed by atoms with Gasteiger partial charge in [0.05, 0.1) is 11.9 Å². The zero-order valence-electron chi connectivity index (χ0n) is 13.9. The molecule has 0 bridgehead atoms. The molecule has 0 spiro atoms. The van der Waals surface area contributed by atoms with Gasteiger partial charge in [0.15, 0.2) is 0 Å². The van der Waals surface area contributed by atoms with Crippen LogP contribution in [-0.2, 0) is 26.7 Å². The average Bonchev–Trinajstić information content (AvgIpc) is 2.12. The van der Waals surface area contributed by atoms with Crippen molar-refractivity contribution in [3.05, 3.63) is 0 Å². The number of hydrogen-bond acceptors (Lipinski definition) is 8. The number of aliphatic carboxylic acids is 2. The third-order valence-electron chi connectivity index (χ3n) is 2.38. The van der Waals surface area contributed by atoms with Crippen LogP contribution in [0.4, 0.5) is 0 Å². The molecule has 0 N–H and O–H groups in total. The molecule has 8 nitrogen and oxygen atoms in total. The van der Waals surface area contributed by atoms with Crippen molar-refractivity contribution < 1.29 is 36.9 Å². The number of carbonyl (C=O) groups is 2. The van der Waals surface area contributed by atoms with Gasteiger partial charge in [-0.3, -0.25) is 19.6 Å². The first-order valence-electron chi connectivity index (χ1n) is 6.00. The van der Waals surface area contributed by atoms with Crippen molar-refractivity contribution >= 4 is 11.9 Å². The van der Waals surface area contributed by atoms with E-state index in [9.17, 15) is 19.8 Å². The third-order valence-corrected chi connectivity index (χ3v) is 2.38. The SMILES string of the molecule is CN(C)C(C(=O)[O-])N(C)C.CN(C)C(C(=O)[O-])N(C)C.[Cu+2]. The molecule has 0 saturated heterocycles. The first-order valence-corrected chi connectivity index (χ1v) is 6.00. The summed E-state index contributed by atoms with van der Waals surface area (Å²) in [4.78, 5) is 27.1. The zero-order chi connectivity index (χ0) is 16.6. The number of nitrogens with zero attached hydrogens (tertiary/aromatic N) is 4. The quantitative estimate of drug-likeness (QED) is 0.357. The van der Waals surface area contributed by atoms with E-state index in [0.717, 1.165) is 0 Å². The summed E-state index contributed by atoms with van der Waals surface area (Å²) in [5, 5.41) is 20.8. The van der Waals surface area contributed by atoms with Crippen LogP contribution in [0.3, 0.4) is 0 Å². The van der Waals surface area contributed by atoms with Crippen molar-refractivity contribution in [2.45, 2.75) is 12.3 Å². The number of carbonyl (C=O) groups excluding carboxylic acids is 2. The summed E-state index contributed by atoms with van der Waals surface area (Å²) in [5.74, 6) is -2.15. The fourth-order valence-electron chi connectivity index (χ4n) is 1.77. The number of hydrogen-bond donors (Lipinski definition) is 0.